The number of Topliss-reactive ketones (excluding diaryl/α,β-unsaturated/α-hetero) is 1. The molecule has 0 saturated carbocycles. The highest BCUT2D eigenvalue weighted by atomic mass is 16.5. The van der Waals surface area contributed by atoms with Crippen LogP contribution in [0.3, 0.4) is 0 Å². The van der Waals surface area contributed by atoms with Gasteiger partial charge in [-0.25, -0.2) is 0 Å². The summed E-state index contributed by atoms with van der Waals surface area (Å²) in [5.41, 5.74) is 2.00. The number of unbranched alkanes of at least 4 members (excludes halogenated alkanes) is 2. The van der Waals surface area contributed by atoms with E-state index in [1.165, 1.54) is 0 Å². The lowest BCUT2D eigenvalue weighted by Gasteiger charge is -2.31. The summed E-state index contributed by atoms with van der Waals surface area (Å²) in [6, 6.07) is 9.96. The molecule has 2 aliphatic rings. The molecule has 0 aromatic heterocycles. The van der Waals surface area contributed by atoms with E-state index in [2.05, 4.69) is 11.8 Å². The smallest absolute Gasteiger partial charge is 0.295 e. The number of ether oxygens (including phenoxy) is 4. The highest BCUT2D eigenvalue weighted by molar-refractivity contribution is 6.46. The fraction of sp³-hybridized carbons (Fsp3) is 0.515. The van der Waals surface area contributed by atoms with E-state index in [9.17, 15) is 14.7 Å². The van der Waals surface area contributed by atoms with Gasteiger partial charge >= 0.3 is 0 Å². The molecule has 0 spiro atoms. The molecule has 1 amide bonds. The normalized spacial score (nSPS) is 18.9. The number of rotatable bonds is 14. The van der Waals surface area contributed by atoms with Gasteiger partial charge in [-0.1, -0.05) is 32.8 Å². The lowest BCUT2D eigenvalue weighted by atomic mass is 9.94. The minimum atomic E-state index is -0.787. The Morgan fingerprint density at radius 3 is 2.36 bits per heavy atom. The Morgan fingerprint density at radius 1 is 0.929 bits per heavy atom. The Morgan fingerprint density at radius 2 is 1.67 bits per heavy atom. The predicted octanol–water partition coefficient (Wildman–Crippen LogP) is 5.12. The first-order chi connectivity index (χ1) is 20.4. The summed E-state index contributed by atoms with van der Waals surface area (Å²) in [5.74, 6) is 0.277. The Kier molecular flexibility index (Phi) is 11.3. The number of hydrogen-bond acceptors (Lipinski definition) is 8. The molecule has 2 saturated heterocycles. The summed E-state index contributed by atoms with van der Waals surface area (Å²) in [6.45, 7) is 10.9. The molecule has 9 heteroatoms. The van der Waals surface area contributed by atoms with Gasteiger partial charge in [-0.3, -0.25) is 14.5 Å². The molecule has 9 nitrogen and oxygen atoms in total. The number of nitrogens with zero attached hydrogens (tertiary/aromatic N) is 2. The third-order valence-electron chi connectivity index (χ3n) is 7.72. The van der Waals surface area contributed by atoms with Gasteiger partial charge in [0, 0.05) is 31.7 Å². The van der Waals surface area contributed by atoms with Crippen LogP contribution in [0.5, 0.6) is 17.2 Å². The van der Waals surface area contributed by atoms with Crippen molar-refractivity contribution in [2.45, 2.75) is 52.5 Å². The van der Waals surface area contributed by atoms with Crippen LogP contribution in [0.15, 0.2) is 42.0 Å². The van der Waals surface area contributed by atoms with Crippen LogP contribution in [0, 0.1) is 6.92 Å². The molecule has 0 aliphatic carbocycles. The zero-order valence-electron chi connectivity index (χ0n) is 25.3. The summed E-state index contributed by atoms with van der Waals surface area (Å²) < 4.78 is 22.9. The second-order valence-electron chi connectivity index (χ2n) is 10.7. The maximum absolute atomic E-state index is 13.6. The Hall–Kier alpha value is -3.56. The molecule has 1 atom stereocenters. The van der Waals surface area contributed by atoms with E-state index in [4.69, 9.17) is 18.9 Å². The number of morpholine rings is 1. The van der Waals surface area contributed by atoms with Crippen LogP contribution in [-0.4, -0.2) is 86.3 Å². The Bertz CT molecular complexity index is 1270. The third kappa shape index (κ3) is 7.25. The van der Waals surface area contributed by atoms with E-state index in [1.807, 2.05) is 26.0 Å². The van der Waals surface area contributed by atoms with Crippen molar-refractivity contribution in [2.75, 3.05) is 59.7 Å². The molecule has 4 rings (SSSR count). The van der Waals surface area contributed by atoms with Crippen molar-refractivity contribution in [2.24, 2.45) is 0 Å². The third-order valence-corrected chi connectivity index (χ3v) is 7.72. The SMILES string of the molecule is CCCCCOc1ccc(C2C(=C(O)c3ccc(OCCC)c(C)c3)C(=O)C(=O)N2CCN2CCOCC2)cc1OC. The largest absolute Gasteiger partial charge is 0.507 e. The quantitative estimate of drug-likeness (QED) is 0.142. The van der Waals surface area contributed by atoms with Crippen LogP contribution in [0.1, 0.15) is 62.3 Å². The van der Waals surface area contributed by atoms with Crippen molar-refractivity contribution in [3.8, 4) is 17.2 Å². The molecule has 1 unspecified atom stereocenters. The van der Waals surface area contributed by atoms with Gasteiger partial charge in [0.05, 0.1) is 45.2 Å². The standard InChI is InChI=1S/C33H44N2O7/c1-5-7-8-18-42-27-12-9-24(22-28(27)39-4)30-29(31(36)25-10-11-26(23(3)21-25)41-17-6-2)32(37)33(38)35(30)14-13-34-15-19-40-20-16-34/h9-12,21-22,30,36H,5-8,13-20H2,1-4H3. The number of aliphatic hydroxyl groups is 1. The van der Waals surface area contributed by atoms with Crippen LogP contribution in [0.25, 0.3) is 5.76 Å². The van der Waals surface area contributed by atoms with Gasteiger partial charge in [-0.15, -0.1) is 0 Å². The number of carbonyl (C=O) groups excluding carboxylic acids is 2. The molecule has 0 bridgehead atoms. The maximum Gasteiger partial charge on any atom is 0.295 e. The molecule has 2 aliphatic heterocycles. The van der Waals surface area contributed by atoms with Crippen LogP contribution < -0.4 is 14.2 Å². The van der Waals surface area contributed by atoms with Gasteiger partial charge in [0.2, 0.25) is 0 Å². The number of aliphatic hydroxyl groups excluding tert-OH is 1. The van der Waals surface area contributed by atoms with Crippen LogP contribution in [0.4, 0.5) is 0 Å². The zero-order chi connectivity index (χ0) is 30.1. The molecule has 0 radical (unpaired) electrons. The molecular formula is C33H44N2O7. The van der Waals surface area contributed by atoms with E-state index in [-0.39, 0.29) is 11.3 Å². The van der Waals surface area contributed by atoms with E-state index >= 15 is 0 Å². The fourth-order valence-electron chi connectivity index (χ4n) is 5.36. The first-order valence-corrected chi connectivity index (χ1v) is 15.0. The summed E-state index contributed by atoms with van der Waals surface area (Å²) in [5, 5.41) is 11.6. The number of aryl methyl sites for hydroxylation is 1. The van der Waals surface area contributed by atoms with Gasteiger partial charge in [-0.2, -0.15) is 0 Å². The highest BCUT2D eigenvalue weighted by Gasteiger charge is 2.46. The number of hydrogen-bond donors (Lipinski definition) is 1. The monoisotopic (exact) mass is 580 g/mol. The molecule has 2 fully saturated rings. The van der Waals surface area contributed by atoms with Crippen molar-refractivity contribution in [3.63, 3.8) is 0 Å². The Balaban J connectivity index is 1.72. The van der Waals surface area contributed by atoms with E-state index < -0.39 is 17.7 Å². The lowest BCUT2D eigenvalue weighted by molar-refractivity contribution is -0.140. The van der Waals surface area contributed by atoms with Gasteiger partial charge in [-0.05, 0) is 61.2 Å². The minimum absolute atomic E-state index is 0.0577. The van der Waals surface area contributed by atoms with Gasteiger partial charge in [0.25, 0.3) is 11.7 Å². The van der Waals surface area contributed by atoms with Crippen molar-refractivity contribution in [3.05, 3.63) is 58.7 Å². The van der Waals surface area contributed by atoms with Gasteiger partial charge < -0.3 is 29.0 Å². The Labute approximate surface area is 249 Å². The van der Waals surface area contributed by atoms with Crippen LogP contribution >= 0.6 is 0 Å². The number of carbonyl (C=O) groups is 2. The topological polar surface area (TPSA) is 97.8 Å². The molecular weight excluding hydrogens is 536 g/mol. The van der Waals surface area contributed by atoms with Crippen molar-refractivity contribution >= 4 is 17.4 Å². The van der Waals surface area contributed by atoms with E-state index in [1.54, 1.807) is 36.3 Å². The fourth-order valence-corrected chi connectivity index (χ4v) is 5.36. The summed E-state index contributed by atoms with van der Waals surface area (Å²) in [6.07, 6.45) is 3.98. The molecule has 42 heavy (non-hydrogen) atoms. The number of likely N-dealkylation sites (tertiary alicyclic amines) is 1. The van der Waals surface area contributed by atoms with E-state index in [0.29, 0.717) is 62.1 Å². The average molecular weight is 581 g/mol. The molecule has 2 aromatic carbocycles. The second-order valence-corrected chi connectivity index (χ2v) is 10.7. The predicted molar refractivity (Wildman–Crippen MR) is 161 cm³/mol. The number of amides is 1. The first kappa shape index (κ1) is 31.4. The maximum atomic E-state index is 13.6. The van der Waals surface area contributed by atoms with E-state index in [0.717, 1.165) is 50.1 Å². The summed E-state index contributed by atoms with van der Waals surface area (Å²) in [7, 11) is 1.57. The molecule has 1 N–H and O–H groups in total. The molecule has 2 aromatic rings. The summed E-state index contributed by atoms with van der Waals surface area (Å²) in [4.78, 5) is 30.8. The summed E-state index contributed by atoms with van der Waals surface area (Å²) >= 11 is 0. The van der Waals surface area contributed by atoms with Gasteiger partial charge in [0.15, 0.2) is 11.5 Å². The number of ketones is 1. The van der Waals surface area contributed by atoms with Gasteiger partial charge in [0.1, 0.15) is 11.5 Å². The van der Waals surface area contributed by atoms with Crippen molar-refractivity contribution in [1.29, 1.82) is 0 Å². The lowest BCUT2D eigenvalue weighted by Crippen LogP contribution is -2.42. The van der Waals surface area contributed by atoms with Crippen LogP contribution in [0.2, 0.25) is 0 Å². The molecule has 228 valence electrons. The van der Waals surface area contributed by atoms with Crippen LogP contribution in [-0.2, 0) is 14.3 Å². The average Bonchev–Trinajstić information content (AvgIpc) is 3.26. The zero-order valence-corrected chi connectivity index (χ0v) is 25.3. The van der Waals surface area contributed by atoms with Crippen molar-refractivity contribution < 1.29 is 33.6 Å². The number of benzene rings is 2. The minimum Gasteiger partial charge on any atom is -0.507 e. The second kappa shape index (κ2) is 15.1. The first-order valence-electron chi connectivity index (χ1n) is 15.0. The highest BCUT2D eigenvalue weighted by Crippen LogP contribution is 2.42. The molecule has 2 heterocycles. The number of methoxy groups -OCH3 is 1. The van der Waals surface area contributed by atoms with Crippen molar-refractivity contribution in [1.82, 2.24) is 9.80 Å².